The van der Waals surface area contributed by atoms with Gasteiger partial charge in [-0.05, 0) is 31.9 Å². The molecule has 29 heavy (non-hydrogen) atoms. The van der Waals surface area contributed by atoms with Crippen LogP contribution in [-0.4, -0.2) is 70.9 Å². The minimum absolute atomic E-state index is 0.0344. The van der Waals surface area contributed by atoms with E-state index < -0.39 is 28.3 Å². The van der Waals surface area contributed by atoms with Gasteiger partial charge in [-0.3, -0.25) is 4.79 Å². The van der Waals surface area contributed by atoms with E-state index in [9.17, 15) is 18.0 Å². The van der Waals surface area contributed by atoms with Crippen molar-refractivity contribution in [3.8, 4) is 5.69 Å². The Morgan fingerprint density at radius 2 is 1.97 bits per heavy atom. The predicted octanol–water partition coefficient (Wildman–Crippen LogP) is 1.16. The second kappa shape index (κ2) is 8.73. The van der Waals surface area contributed by atoms with E-state index in [0.29, 0.717) is 30.8 Å². The number of rotatable bonds is 7. The quantitative estimate of drug-likeness (QED) is 0.618. The topological polar surface area (TPSA) is 111 Å². The Bertz CT molecular complexity index is 987. The molecule has 9 nitrogen and oxygen atoms in total. The molecule has 0 radical (unpaired) electrons. The van der Waals surface area contributed by atoms with Gasteiger partial charge in [0.25, 0.3) is 5.91 Å². The van der Waals surface area contributed by atoms with Crippen LogP contribution < -0.4 is 0 Å². The van der Waals surface area contributed by atoms with Gasteiger partial charge >= 0.3 is 5.97 Å². The summed E-state index contributed by atoms with van der Waals surface area (Å²) in [6, 6.07) is 8.75. The predicted molar refractivity (Wildman–Crippen MR) is 105 cm³/mol. The number of aromatic nitrogens is 3. The van der Waals surface area contributed by atoms with E-state index in [2.05, 4.69) is 10.2 Å². The number of hydrogen-bond acceptors (Lipinski definition) is 7. The molecular formula is C19H24N4O5S. The van der Waals surface area contributed by atoms with Crippen molar-refractivity contribution in [2.45, 2.75) is 32.7 Å². The highest BCUT2D eigenvalue weighted by Gasteiger charge is 2.34. The number of esters is 1. The SMILES string of the molecule is CCCN(C(=O)COC(=O)c1nn(-c2ccccc2)nc1C)[C@H]1CCS(=O)(=O)C1. The van der Waals surface area contributed by atoms with Crippen molar-refractivity contribution in [1.29, 1.82) is 0 Å². The van der Waals surface area contributed by atoms with Crippen LogP contribution in [0.5, 0.6) is 0 Å². The normalized spacial score (nSPS) is 17.8. The molecule has 1 amide bonds. The van der Waals surface area contributed by atoms with Gasteiger partial charge in [0.05, 0.1) is 22.9 Å². The smallest absolute Gasteiger partial charge is 0.361 e. The number of sulfone groups is 1. The molecule has 2 aromatic rings. The summed E-state index contributed by atoms with van der Waals surface area (Å²) in [4.78, 5) is 27.8. The van der Waals surface area contributed by atoms with E-state index in [-0.39, 0.29) is 23.2 Å². The van der Waals surface area contributed by atoms with Gasteiger partial charge in [0, 0.05) is 12.6 Å². The van der Waals surface area contributed by atoms with E-state index in [1.165, 1.54) is 9.70 Å². The second-order valence-corrected chi connectivity index (χ2v) is 9.21. The number of para-hydroxylation sites is 1. The Labute approximate surface area is 169 Å². The van der Waals surface area contributed by atoms with Gasteiger partial charge < -0.3 is 9.64 Å². The highest BCUT2D eigenvalue weighted by molar-refractivity contribution is 7.91. The molecule has 1 fully saturated rings. The Balaban J connectivity index is 1.65. The summed E-state index contributed by atoms with van der Waals surface area (Å²) in [5.41, 5.74) is 1.12. The summed E-state index contributed by atoms with van der Waals surface area (Å²) in [7, 11) is -3.12. The summed E-state index contributed by atoms with van der Waals surface area (Å²) < 4.78 is 28.6. The van der Waals surface area contributed by atoms with Crippen molar-refractivity contribution in [3.05, 3.63) is 41.7 Å². The highest BCUT2D eigenvalue weighted by Crippen LogP contribution is 2.18. The molecule has 156 valence electrons. The first-order valence-corrected chi connectivity index (χ1v) is 11.3. The Kier molecular flexibility index (Phi) is 6.31. The van der Waals surface area contributed by atoms with E-state index in [1.54, 1.807) is 19.1 Å². The van der Waals surface area contributed by atoms with Crippen molar-refractivity contribution in [3.63, 3.8) is 0 Å². The number of ether oxygens (including phenoxy) is 1. The van der Waals surface area contributed by atoms with Crippen molar-refractivity contribution in [2.75, 3.05) is 24.7 Å². The van der Waals surface area contributed by atoms with Crippen LogP contribution >= 0.6 is 0 Å². The summed E-state index contributed by atoms with van der Waals surface area (Å²) in [5.74, 6) is -1.12. The molecule has 10 heteroatoms. The number of carbonyl (C=O) groups excluding carboxylic acids is 2. The van der Waals surface area contributed by atoms with Gasteiger partial charge in [-0.15, -0.1) is 5.10 Å². The maximum atomic E-state index is 12.6. The van der Waals surface area contributed by atoms with Gasteiger partial charge in [-0.2, -0.15) is 9.90 Å². The zero-order chi connectivity index (χ0) is 21.0. The van der Waals surface area contributed by atoms with E-state index in [0.717, 1.165) is 0 Å². The second-order valence-electron chi connectivity index (χ2n) is 6.98. The lowest BCUT2D eigenvalue weighted by Crippen LogP contribution is -2.43. The van der Waals surface area contributed by atoms with Crippen molar-refractivity contribution >= 4 is 21.7 Å². The monoisotopic (exact) mass is 420 g/mol. The average molecular weight is 420 g/mol. The van der Waals surface area contributed by atoms with Crippen LogP contribution in [0, 0.1) is 6.92 Å². The molecule has 1 aliphatic heterocycles. The fourth-order valence-electron chi connectivity index (χ4n) is 3.30. The lowest BCUT2D eigenvalue weighted by molar-refractivity contribution is -0.136. The van der Waals surface area contributed by atoms with Crippen LogP contribution in [0.25, 0.3) is 5.69 Å². The van der Waals surface area contributed by atoms with Crippen LogP contribution in [-0.2, 0) is 19.4 Å². The number of aryl methyl sites for hydroxylation is 1. The van der Waals surface area contributed by atoms with Crippen LogP contribution in [0.1, 0.15) is 35.9 Å². The fourth-order valence-corrected chi connectivity index (χ4v) is 5.03. The van der Waals surface area contributed by atoms with Gasteiger partial charge in [0.15, 0.2) is 22.1 Å². The number of carbonyl (C=O) groups is 2. The van der Waals surface area contributed by atoms with Crippen LogP contribution in [0.3, 0.4) is 0 Å². The van der Waals surface area contributed by atoms with Crippen LogP contribution in [0.2, 0.25) is 0 Å². The molecule has 1 aromatic carbocycles. The molecule has 3 rings (SSSR count). The third kappa shape index (κ3) is 5.00. The zero-order valence-electron chi connectivity index (χ0n) is 16.4. The van der Waals surface area contributed by atoms with E-state index >= 15 is 0 Å². The number of amides is 1. The molecular weight excluding hydrogens is 396 g/mol. The first kappa shape index (κ1) is 21.0. The van der Waals surface area contributed by atoms with Gasteiger partial charge in [0.1, 0.15) is 0 Å². The standard InChI is InChI=1S/C19H24N4O5S/c1-3-10-22(16-9-11-29(26,27)13-16)17(24)12-28-19(25)18-14(2)20-23(21-18)15-7-5-4-6-8-15/h4-8,16H,3,9-13H2,1-2H3/t16-/m0/s1. The highest BCUT2D eigenvalue weighted by atomic mass is 32.2. The maximum absolute atomic E-state index is 12.6. The van der Waals surface area contributed by atoms with Gasteiger partial charge in [-0.1, -0.05) is 25.1 Å². The van der Waals surface area contributed by atoms with Crippen LogP contribution in [0.15, 0.2) is 30.3 Å². The molecule has 2 heterocycles. The van der Waals surface area contributed by atoms with Crippen molar-refractivity contribution in [2.24, 2.45) is 0 Å². The fraction of sp³-hybridized carbons (Fsp3) is 0.474. The summed E-state index contributed by atoms with van der Waals surface area (Å²) in [5, 5.41) is 8.38. The lowest BCUT2D eigenvalue weighted by atomic mass is 10.2. The molecule has 1 saturated heterocycles. The molecule has 0 bridgehead atoms. The van der Waals surface area contributed by atoms with Crippen molar-refractivity contribution < 1.29 is 22.7 Å². The summed E-state index contributed by atoms with van der Waals surface area (Å²) in [6.07, 6.45) is 1.09. The first-order chi connectivity index (χ1) is 13.8. The number of nitrogens with zero attached hydrogens (tertiary/aromatic N) is 4. The Morgan fingerprint density at radius 1 is 1.24 bits per heavy atom. The van der Waals surface area contributed by atoms with E-state index in [1.807, 2.05) is 25.1 Å². The third-order valence-corrected chi connectivity index (χ3v) is 6.47. The van der Waals surface area contributed by atoms with Gasteiger partial charge in [0.2, 0.25) is 0 Å². The molecule has 1 aliphatic rings. The average Bonchev–Trinajstić information content (AvgIpc) is 3.26. The number of benzene rings is 1. The molecule has 0 N–H and O–H groups in total. The minimum atomic E-state index is -3.12. The first-order valence-electron chi connectivity index (χ1n) is 9.47. The minimum Gasteiger partial charge on any atom is -0.451 e. The molecule has 1 aromatic heterocycles. The number of hydrogen-bond donors (Lipinski definition) is 0. The largest absolute Gasteiger partial charge is 0.451 e. The zero-order valence-corrected chi connectivity index (χ0v) is 17.3. The Hall–Kier alpha value is -2.75. The molecule has 0 spiro atoms. The molecule has 1 atom stereocenters. The van der Waals surface area contributed by atoms with Crippen molar-refractivity contribution in [1.82, 2.24) is 19.9 Å². The molecule has 0 saturated carbocycles. The lowest BCUT2D eigenvalue weighted by Gasteiger charge is -2.27. The van der Waals surface area contributed by atoms with Gasteiger partial charge in [-0.25, -0.2) is 13.2 Å². The summed E-state index contributed by atoms with van der Waals surface area (Å²) >= 11 is 0. The maximum Gasteiger partial charge on any atom is 0.361 e. The summed E-state index contributed by atoms with van der Waals surface area (Å²) in [6.45, 7) is 3.49. The molecule has 0 aliphatic carbocycles. The van der Waals surface area contributed by atoms with Crippen LogP contribution in [0.4, 0.5) is 0 Å². The third-order valence-electron chi connectivity index (χ3n) is 4.72. The molecule has 0 unspecified atom stereocenters. The van der Waals surface area contributed by atoms with E-state index in [4.69, 9.17) is 4.74 Å². The Morgan fingerprint density at radius 3 is 2.59 bits per heavy atom.